The van der Waals surface area contributed by atoms with Crippen molar-refractivity contribution in [3.8, 4) is 0 Å². The van der Waals surface area contributed by atoms with E-state index in [2.05, 4.69) is 47.5 Å². The second-order valence-corrected chi connectivity index (χ2v) is 17.0. The summed E-state index contributed by atoms with van der Waals surface area (Å²) in [5, 5.41) is 47.4. The summed E-state index contributed by atoms with van der Waals surface area (Å²) in [7, 11) is 0. The second-order valence-electron chi connectivity index (χ2n) is 17.0. The number of amides is 8. The SMILES string of the molecule is CC(C)C[C@H](NC(=O)[C@H](CCC(=O)O)NC(=O)[C@H](C)NC(=O)[C@@H](NC(=O)[C@H](C)NC(=O)[C@@H](N)CC(=O)O)C(C)C)C(=O)N[C@@H](C)C(=O)N[C@@H](CCCN=C(N)N)C(=O)N[C@@H](CCCCN)C(=O)O. The molecule has 0 fully saturated rings. The van der Waals surface area contributed by atoms with Gasteiger partial charge in [0.2, 0.25) is 47.3 Å². The van der Waals surface area contributed by atoms with Gasteiger partial charge in [0.1, 0.15) is 48.3 Å². The molecular formula is C41H73N13O14. The van der Waals surface area contributed by atoms with E-state index in [1.54, 1.807) is 27.7 Å². The molecule has 0 aromatic carbocycles. The summed E-state index contributed by atoms with van der Waals surface area (Å²) in [4.78, 5) is 144. The van der Waals surface area contributed by atoms with Gasteiger partial charge in [0.15, 0.2) is 5.96 Å². The normalized spacial score (nSPS) is 15.0. The highest BCUT2D eigenvalue weighted by Crippen LogP contribution is 2.10. The Labute approximate surface area is 394 Å². The predicted octanol–water partition coefficient (Wildman–Crippen LogP) is -4.44. The number of carboxylic acids is 3. The van der Waals surface area contributed by atoms with E-state index in [9.17, 15) is 63.0 Å². The summed E-state index contributed by atoms with van der Waals surface area (Å²) in [5.74, 6) is -12.1. The summed E-state index contributed by atoms with van der Waals surface area (Å²) in [6.07, 6.45) is -0.648. The Morgan fingerprint density at radius 2 is 0.941 bits per heavy atom. The van der Waals surface area contributed by atoms with Crippen LogP contribution < -0.4 is 65.5 Å². The fraction of sp³-hybridized carbons (Fsp3) is 0.707. The number of aliphatic imine (C=N–C) groups is 1. The van der Waals surface area contributed by atoms with Crippen LogP contribution in [0.25, 0.3) is 0 Å². The third-order valence-corrected chi connectivity index (χ3v) is 9.99. The molecule has 0 aliphatic rings. The van der Waals surface area contributed by atoms with E-state index in [1.807, 2.05) is 0 Å². The quantitative estimate of drug-likeness (QED) is 0.0168. The monoisotopic (exact) mass is 972 g/mol. The van der Waals surface area contributed by atoms with E-state index < -0.39 is 145 Å². The lowest BCUT2D eigenvalue weighted by atomic mass is 10.0. The standard InChI is InChI=1S/C41H73N13O14/c1-19(2)17-28(38(65)48-21(5)32(59)50-25(12-10-16-46-41(44)45)36(63)52-27(40(67)68)11-8-9-15-42)53-37(64)26(13-14-29(55)56)51-33(60)22(6)49-39(66)31(20(3)4)54-34(61)23(7)47-35(62)24(43)18-30(57)58/h19-28,31H,8-18,42-43H2,1-7H3,(H,47,62)(H,48,65)(H,49,66)(H,50,59)(H,51,60)(H,52,63)(H,53,64)(H,54,61)(H,55,56)(H,57,58)(H,67,68)(H4,44,45,46)/t21-,22-,23-,24-,25-,26-,27-,28-,31-/m0/s1. The van der Waals surface area contributed by atoms with Crippen molar-refractivity contribution in [3.05, 3.63) is 0 Å². The smallest absolute Gasteiger partial charge is 0.326 e. The number of nitrogens with two attached hydrogens (primary N) is 4. The van der Waals surface area contributed by atoms with Crippen LogP contribution in [0.15, 0.2) is 4.99 Å². The Kier molecular flexibility index (Phi) is 28.3. The molecule has 19 N–H and O–H groups in total. The van der Waals surface area contributed by atoms with Gasteiger partial charge < -0.3 is 80.8 Å². The zero-order valence-electron chi connectivity index (χ0n) is 39.7. The number of aliphatic carboxylic acids is 3. The minimum atomic E-state index is -1.57. The first-order valence-corrected chi connectivity index (χ1v) is 22.2. The highest BCUT2D eigenvalue weighted by molar-refractivity contribution is 5.98. The molecule has 0 saturated heterocycles. The molecule has 0 aromatic rings. The summed E-state index contributed by atoms with van der Waals surface area (Å²) >= 11 is 0. The van der Waals surface area contributed by atoms with Crippen LogP contribution in [0.4, 0.5) is 0 Å². The molecular weight excluding hydrogens is 899 g/mol. The van der Waals surface area contributed by atoms with E-state index in [4.69, 9.17) is 28.0 Å². The van der Waals surface area contributed by atoms with Crippen molar-refractivity contribution in [2.45, 2.75) is 161 Å². The number of carbonyl (C=O) groups is 11. The summed E-state index contributed by atoms with van der Waals surface area (Å²) in [6.45, 7) is 10.8. The van der Waals surface area contributed by atoms with Gasteiger partial charge in [-0.15, -0.1) is 0 Å². The van der Waals surface area contributed by atoms with Gasteiger partial charge in [0.05, 0.1) is 12.5 Å². The van der Waals surface area contributed by atoms with Crippen molar-refractivity contribution in [1.82, 2.24) is 42.5 Å². The van der Waals surface area contributed by atoms with Crippen LogP contribution >= 0.6 is 0 Å². The van der Waals surface area contributed by atoms with Gasteiger partial charge in [-0.25, -0.2) is 4.79 Å². The van der Waals surface area contributed by atoms with Crippen LogP contribution in [0.3, 0.4) is 0 Å². The van der Waals surface area contributed by atoms with Crippen molar-refractivity contribution in [1.29, 1.82) is 0 Å². The van der Waals surface area contributed by atoms with Crippen LogP contribution in [-0.4, -0.2) is 154 Å². The third kappa shape index (κ3) is 24.8. The molecule has 68 heavy (non-hydrogen) atoms. The fourth-order valence-corrected chi connectivity index (χ4v) is 6.13. The number of carbonyl (C=O) groups excluding carboxylic acids is 8. The summed E-state index contributed by atoms with van der Waals surface area (Å²) in [5.41, 5.74) is 21.8. The van der Waals surface area contributed by atoms with Crippen molar-refractivity contribution in [2.75, 3.05) is 13.1 Å². The number of nitrogens with one attached hydrogen (secondary N) is 8. The molecule has 0 radical (unpaired) electrons. The zero-order valence-corrected chi connectivity index (χ0v) is 39.7. The number of guanidine groups is 1. The largest absolute Gasteiger partial charge is 0.481 e. The highest BCUT2D eigenvalue weighted by Gasteiger charge is 2.34. The van der Waals surface area contributed by atoms with Crippen molar-refractivity contribution >= 4 is 71.1 Å². The van der Waals surface area contributed by atoms with E-state index in [-0.39, 0.29) is 44.1 Å². The zero-order chi connectivity index (χ0) is 52.4. The Bertz CT molecular complexity index is 1790. The topological polar surface area (TPSA) is 461 Å². The van der Waals surface area contributed by atoms with Crippen LogP contribution in [0.5, 0.6) is 0 Å². The second kappa shape index (κ2) is 31.4. The van der Waals surface area contributed by atoms with Crippen LogP contribution in [0.1, 0.15) is 106 Å². The molecule has 0 aliphatic carbocycles. The Morgan fingerprint density at radius 1 is 0.500 bits per heavy atom. The average Bonchev–Trinajstić information content (AvgIpc) is 3.23. The fourth-order valence-electron chi connectivity index (χ4n) is 6.13. The third-order valence-electron chi connectivity index (χ3n) is 9.99. The van der Waals surface area contributed by atoms with Crippen molar-refractivity contribution < 1.29 is 68.1 Å². The Morgan fingerprint density at radius 3 is 1.40 bits per heavy atom. The molecule has 0 spiro atoms. The molecule has 9 atom stereocenters. The van der Waals surface area contributed by atoms with Crippen molar-refractivity contribution in [2.24, 2.45) is 39.8 Å². The minimum absolute atomic E-state index is 0.00568. The average molecular weight is 972 g/mol. The van der Waals surface area contributed by atoms with E-state index in [0.717, 1.165) is 0 Å². The van der Waals surface area contributed by atoms with E-state index in [1.165, 1.54) is 20.8 Å². The van der Waals surface area contributed by atoms with Gasteiger partial charge >= 0.3 is 17.9 Å². The molecule has 0 aromatic heterocycles. The number of hydrogen-bond donors (Lipinski definition) is 15. The Balaban J connectivity index is 6.09. The molecule has 386 valence electrons. The minimum Gasteiger partial charge on any atom is -0.481 e. The number of carboxylic acid groups (broad SMARTS) is 3. The lowest BCUT2D eigenvalue weighted by Gasteiger charge is -2.27. The number of hydrogen-bond acceptors (Lipinski definition) is 14. The lowest BCUT2D eigenvalue weighted by Crippen LogP contribution is -2.60. The molecule has 27 nitrogen and oxygen atoms in total. The van der Waals surface area contributed by atoms with Gasteiger partial charge in [-0.05, 0) is 84.1 Å². The predicted molar refractivity (Wildman–Crippen MR) is 244 cm³/mol. The van der Waals surface area contributed by atoms with E-state index in [0.29, 0.717) is 19.4 Å². The van der Waals surface area contributed by atoms with Crippen LogP contribution in [-0.2, 0) is 52.7 Å². The van der Waals surface area contributed by atoms with Crippen LogP contribution in [0, 0.1) is 11.8 Å². The maximum absolute atomic E-state index is 13.7. The molecule has 0 saturated carbocycles. The molecule has 0 aliphatic heterocycles. The summed E-state index contributed by atoms with van der Waals surface area (Å²) in [6, 6.07) is -12.2. The first-order chi connectivity index (χ1) is 31.6. The number of unbranched alkanes of at least 4 members (excludes halogenated alkanes) is 1. The highest BCUT2D eigenvalue weighted by atomic mass is 16.4. The number of nitrogens with zero attached hydrogens (tertiary/aromatic N) is 1. The molecule has 0 rings (SSSR count). The maximum Gasteiger partial charge on any atom is 0.326 e. The van der Waals surface area contributed by atoms with Gasteiger partial charge in [-0.2, -0.15) is 0 Å². The summed E-state index contributed by atoms with van der Waals surface area (Å²) < 4.78 is 0. The molecule has 0 bridgehead atoms. The number of rotatable bonds is 33. The Hall–Kier alpha value is -6.64. The van der Waals surface area contributed by atoms with Crippen molar-refractivity contribution in [3.63, 3.8) is 0 Å². The first kappa shape index (κ1) is 61.4. The molecule has 0 unspecified atom stereocenters. The van der Waals surface area contributed by atoms with E-state index >= 15 is 0 Å². The maximum atomic E-state index is 13.7. The molecule has 27 heteroatoms. The van der Waals surface area contributed by atoms with Gasteiger partial charge in [-0.3, -0.25) is 52.9 Å². The van der Waals surface area contributed by atoms with Gasteiger partial charge in [0.25, 0.3) is 0 Å². The van der Waals surface area contributed by atoms with Crippen LogP contribution in [0.2, 0.25) is 0 Å². The molecule has 8 amide bonds. The molecule has 0 heterocycles. The lowest BCUT2D eigenvalue weighted by molar-refractivity contribution is -0.142. The van der Waals surface area contributed by atoms with Gasteiger partial charge in [-0.1, -0.05) is 27.7 Å². The first-order valence-electron chi connectivity index (χ1n) is 22.2. The van der Waals surface area contributed by atoms with Gasteiger partial charge in [0, 0.05) is 13.0 Å².